The number of non-ortho nitro benzene ring substituents is 1. The molecule has 28 heavy (non-hydrogen) atoms. The second kappa shape index (κ2) is 6.85. The Morgan fingerprint density at radius 3 is 2.32 bits per heavy atom. The summed E-state index contributed by atoms with van der Waals surface area (Å²) < 4.78 is 0. The number of allylic oxidation sites excluding steroid dienone is 2. The fourth-order valence-corrected chi connectivity index (χ4v) is 4.81. The van der Waals surface area contributed by atoms with Crippen molar-refractivity contribution in [2.24, 2.45) is 23.7 Å². The number of rotatable bonds is 5. The molecule has 4 aliphatic rings. The number of imide groups is 1. The van der Waals surface area contributed by atoms with E-state index in [0.717, 1.165) is 17.7 Å². The summed E-state index contributed by atoms with van der Waals surface area (Å²) in [7, 11) is 0. The number of nitro benzene ring substituents is 1. The standard InChI is InChI=1S/C20H21N3O5/c1-2-15(18(24)21-13-4-3-5-14(10-13)23(27)28)22-19(25)16-11-6-7-12(9-8-11)17(16)20(22)26/h3-7,10-12,15-17H,2,8-9H2,1H3,(H,21,24)/t11-,12-,15+,16+,17+/m0/s1. The molecule has 2 bridgehead atoms. The van der Waals surface area contributed by atoms with Gasteiger partial charge in [-0.05, 0) is 37.2 Å². The van der Waals surface area contributed by atoms with E-state index in [9.17, 15) is 24.5 Å². The van der Waals surface area contributed by atoms with Crippen molar-refractivity contribution in [1.82, 2.24) is 4.90 Å². The Kier molecular flexibility index (Phi) is 4.49. The summed E-state index contributed by atoms with van der Waals surface area (Å²) in [6.45, 7) is 1.74. The van der Waals surface area contributed by atoms with Crippen LogP contribution in [0.4, 0.5) is 11.4 Å². The summed E-state index contributed by atoms with van der Waals surface area (Å²) in [5.74, 6) is -1.65. The fraction of sp³-hybridized carbons (Fsp3) is 0.450. The Morgan fingerprint density at radius 2 is 1.82 bits per heavy atom. The van der Waals surface area contributed by atoms with Crippen molar-refractivity contribution in [2.75, 3.05) is 5.32 Å². The lowest BCUT2D eigenvalue weighted by Gasteiger charge is -2.38. The molecule has 1 aromatic carbocycles. The van der Waals surface area contributed by atoms with Gasteiger partial charge < -0.3 is 5.32 Å². The number of nitrogens with one attached hydrogen (secondary N) is 1. The first kappa shape index (κ1) is 18.3. The normalized spacial score (nSPS) is 29.0. The molecule has 3 amide bonds. The predicted octanol–water partition coefficient (Wildman–Crippen LogP) is 2.51. The summed E-state index contributed by atoms with van der Waals surface area (Å²) in [6, 6.07) is 4.66. The van der Waals surface area contributed by atoms with Gasteiger partial charge in [-0.25, -0.2) is 0 Å². The average molecular weight is 383 g/mol. The zero-order valence-corrected chi connectivity index (χ0v) is 15.4. The third-order valence-corrected chi connectivity index (χ3v) is 6.12. The van der Waals surface area contributed by atoms with E-state index in [0.29, 0.717) is 0 Å². The number of hydrogen-bond acceptors (Lipinski definition) is 5. The molecular formula is C20H21N3O5. The number of carbonyl (C=O) groups excluding carboxylic acids is 3. The van der Waals surface area contributed by atoms with Gasteiger partial charge in [0.05, 0.1) is 16.8 Å². The first-order chi connectivity index (χ1) is 13.4. The van der Waals surface area contributed by atoms with Crippen LogP contribution in [0.5, 0.6) is 0 Å². The number of amides is 3. The molecule has 5 atom stereocenters. The molecule has 5 rings (SSSR count). The second-order valence-electron chi connectivity index (χ2n) is 7.61. The Morgan fingerprint density at radius 1 is 1.21 bits per heavy atom. The highest BCUT2D eigenvalue weighted by molar-refractivity contribution is 6.10. The van der Waals surface area contributed by atoms with Crippen LogP contribution in [0.3, 0.4) is 0 Å². The molecule has 1 aromatic rings. The average Bonchev–Trinajstić information content (AvgIpc) is 2.97. The van der Waals surface area contributed by atoms with Gasteiger partial charge in [-0.3, -0.25) is 29.4 Å². The maximum absolute atomic E-state index is 13.0. The van der Waals surface area contributed by atoms with E-state index in [2.05, 4.69) is 5.32 Å². The molecule has 1 saturated carbocycles. The molecule has 3 aliphatic carbocycles. The molecule has 1 saturated heterocycles. The van der Waals surface area contributed by atoms with E-state index < -0.39 is 16.9 Å². The molecular weight excluding hydrogens is 362 g/mol. The number of carbonyl (C=O) groups is 3. The molecule has 1 aliphatic heterocycles. The first-order valence-electron chi connectivity index (χ1n) is 9.53. The summed E-state index contributed by atoms with van der Waals surface area (Å²) >= 11 is 0. The summed E-state index contributed by atoms with van der Waals surface area (Å²) in [6.07, 6.45) is 6.14. The van der Waals surface area contributed by atoms with Gasteiger partial charge in [0.25, 0.3) is 5.69 Å². The van der Waals surface area contributed by atoms with Crippen LogP contribution in [0.1, 0.15) is 26.2 Å². The van der Waals surface area contributed by atoms with E-state index in [1.54, 1.807) is 6.92 Å². The highest BCUT2D eigenvalue weighted by atomic mass is 16.6. The largest absolute Gasteiger partial charge is 0.324 e. The highest BCUT2D eigenvalue weighted by Gasteiger charge is 2.58. The minimum absolute atomic E-state index is 0.0637. The number of benzene rings is 1. The maximum atomic E-state index is 13.0. The first-order valence-corrected chi connectivity index (χ1v) is 9.53. The summed E-state index contributed by atoms with van der Waals surface area (Å²) in [5, 5.41) is 13.5. The van der Waals surface area contributed by atoms with Crippen molar-refractivity contribution < 1.29 is 19.3 Å². The van der Waals surface area contributed by atoms with Crippen LogP contribution in [0.2, 0.25) is 0 Å². The van der Waals surface area contributed by atoms with Crippen LogP contribution >= 0.6 is 0 Å². The van der Waals surface area contributed by atoms with Crippen molar-refractivity contribution in [2.45, 2.75) is 32.2 Å². The van der Waals surface area contributed by atoms with Gasteiger partial charge in [0.1, 0.15) is 6.04 Å². The van der Waals surface area contributed by atoms with Gasteiger partial charge in [0.15, 0.2) is 0 Å². The van der Waals surface area contributed by atoms with Gasteiger partial charge in [0, 0.05) is 17.8 Å². The lowest BCUT2D eigenvalue weighted by Crippen LogP contribution is -2.47. The Balaban J connectivity index is 1.56. The van der Waals surface area contributed by atoms with Crippen LogP contribution in [0.15, 0.2) is 36.4 Å². The number of anilines is 1. The van der Waals surface area contributed by atoms with Crippen molar-refractivity contribution in [3.63, 3.8) is 0 Å². The fourth-order valence-electron chi connectivity index (χ4n) is 4.81. The van der Waals surface area contributed by atoms with Gasteiger partial charge in [-0.1, -0.05) is 25.1 Å². The van der Waals surface area contributed by atoms with Crippen molar-refractivity contribution in [1.29, 1.82) is 0 Å². The molecule has 0 radical (unpaired) electrons. The number of nitrogens with zero attached hydrogens (tertiary/aromatic N) is 2. The van der Waals surface area contributed by atoms with Crippen molar-refractivity contribution >= 4 is 29.1 Å². The van der Waals surface area contributed by atoms with E-state index in [1.807, 2.05) is 12.2 Å². The van der Waals surface area contributed by atoms with Crippen molar-refractivity contribution in [3.8, 4) is 0 Å². The zero-order valence-electron chi connectivity index (χ0n) is 15.4. The molecule has 0 spiro atoms. The van der Waals surface area contributed by atoms with E-state index >= 15 is 0 Å². The number of hydrogen-bond donors (Lipinski definition) is 1. The Hall–Kier alpha value is -3.03. The number of fused-ring (bicyclic) bond motifs is 1. The van der Waals surface area contributed by atoms with Crippen LogP contribution in [0, 0.1) is 33.8 Å². The molecule has 2 fully saturated rings. The van der Waals surface area contributed by atoms with Crippen LogP contribution < -0.4 is 5.32 Å². The van der Waals surface area contributed by atoms with Crippen LogP contribution in [0.25, 0.3) is 0 Å². The minimum Gasteiger partial charge on any atom is -0.324 e. The molecule has 1 N–H and O–H groups in total. The molecule has 146 valence electrons. The summed E-state index contributed by atoms with van der Waals surface area (Å²) in [5.41, 5.74) is 0.115. The molecule has 1 heterocycles. The van der Waals surface area contributed by atoms with Crippen molar-refractivity contribution in [3.05, 3.63) is 46.5 Å². The molecule has 8 nitrogen and oxygen atoms in total. The lowest BCUT2D eigenvalue weighted by atomic mass is 9.63. The minimum atomic E-state index is -0.927. The van der Waals surface area contributed by atoms with Gasteiger partial charge >= 0.3 is 0 Å². The van der Waals surface area contributed by atoms with Gasteiger partial charge in [0.2, 0.25) is 17.7 Å². The zero-order chi connectivity index (χ0) is 20.0. The third kappa shape index (κ3) is 2.80. The van der Waals surface area contributed by atoms with Crippen LogP contribution in [-0.4, -0.2) is 33.6 Å². The molecule has 8 heteroatoms. The van der Waals surface area contributed by atoms with Gasteiger partial charge in [-0.2, -0.15) is 0 Å². The molecule has 0 unspecified atom stereocenters. The maximum Gasteiger partial charge on any atom is 0.271 e. The topological polar surface area (TPSA) is 110 Å². The summed E-state index contributed by atoms with van der Waals surface area (Å²) in [4.78, 5) is 50.4. The van der Waals surface area contributed by atoms with Crippen LogP contribution in [-0.2, 0) is 14.4 Å². The molecule has 0 aromatic heterocycles. The highest BCUT2D eigenvalue weighted by Crippen LogP contribution is 2.50. The quantitative estimate of drug-likeness (QED) is 0.364. The Labute approximate surface area is 161 Å². The van der Waals surface area contributed by atoms with E-state index in [-0.39, 0.29) is 53.3 Å². The smallest absolute Gasteiger partial charge is 0.271 e. The number of nitro groups is 1. The monoisotopic (exact) mass is 383 g/mol. The van der Waals surface area contributed by atoms with Gasteiger partial charge in [-0.15, -0.1) is 0 Å². The number of likely N-dealkylation sites (tertiary alicyclic amines) is 1. The SMILES string of the molecule is CC[C@H](C(=O)Nc1cccc([N+](=O)[O-])c1)N1C(=O)[C@H]2[C@H](C1=O)[C@H]1C=C[C@H]2CC1. The Bertz CT molecular complexity index is 864. The second-order valence-corrected chi connectivity index (χ2v) is 7.61. The lowest BCUT2D eigenvalue weighted by molar-refractivity contribution is -0.384. The van der Waals surface area contributed by atoms with E-state index in [1.165, 1.54) is 24.3 Å². The van der Waals surface area contributed by atoms with E-state index in [4.69, 9.17) is 0 Å². The predicted molar refractivity (Wildman–Crippen MR) is 100.0 cm³/mol. The third-order valence-electron chi connectivity index (χ3n) is 6.12.